The van der Waals surface area contributed by atoms with E-state index in [9.17, 15) is 26.0 Å². The molecule has 2 aromatic rings. The normalized spacial score (nSPS) is 13.0. The third-order valence-electron chi connectivity index (χ3n) is 3.44. The molecule has 0 aromatic heterocycles. The Kier molecular flexibility index (Phi) is 7.12. The van der Waals surface area contributed by atoms with Crippen molar-refractivity contribution in [3.05, 3.63) is 52.3 Å². The fraction of sp³-hybridized carbons (Fsp3) is 0.188. The highest BCUT2D eigenvalue weighted by Gasteiger charge is 2.26. The summed E-state index contributed by atoms with van der Waals surface area (Å²) in [4.78, 5) is 12.0. The highest BCUT2D eigenvalue weighted by atomic mass is 35.5. The predicted molar refractivity (Wildman–Crippen MR) is 110 cm³/mol. The van der Waals surface area contributed by atoms with Gasteiger partial charge in [-0.2, -0.15) is 4.72 Å². The summed E-state index contributed by atoms with van der Waals surface area (Å²) in [5.74, 6) is -1.63. The molecule has 13 heteroatoms. The molecule has 0 aliphatic carbocycles. The van der Waals surface area contributed by atoms with Crippen molar-refractivity contribution in [1.29, 1.82) is 0 Å². The third-order valence-corrected chi connectivity index (χ3v) is 6.53. The fourth-order valence-electron chi connectivity index (χ4n) is 2.22. The number of amides is 1. The Morgan fingerprint density at radius 1 is 1.07 bits per heavy atom. The number of carbonyl (C=O) groups excluding carboxylic acids is 1. The van der Waals surface area contributed by atoms with E-state index in [0.29, 0.717) is 0 Å². The quantitative estimate of drug-likeness (QED) is 0.558. The number of benzene rings is 2. The van der Waals surface area contributed by atoms with Gasteiger partial charge in [0.05, 0.1) is 28.0 Å². The van der Waals surface area contributed by atoms with Gasteiger partial charge in [-0.15, -0.1) is 0 Å². The van der Waals surface area contributed by atoms with Gasteiger partial charge in [-0.1, -0.05) is 29.3 Å². The van der Waals surface area contributed by atoms with Crippen LogP contribution in [0.3, 0.4) is 0 Å². The number of hydrogen-bond acceptors (Lipinski definition) is 5. The van der Waals surface area contributed by atoms with E-state index in [-0.39, 0.29) is 26.3 Å². The van der Waals surface area contributed by atoms with Crippen molar-refractivity contribution in [2.24, 2.45) is 0 Å². The molecule has 0 saturated heterocycles. The molecule has 29 heavy (non-hydrogen) atoms. The van der Waals surface area contributed by atoms with Crippen LogP contribution in [-0.2, 0) is 24.8 Å². The monoisotopic (exact) mass is 483 g/mol. The van der Waals surface area contributed by atoms with Crippen LogP contribution in [0.5, 0.6) is 0 Å². The third kappa shape index (κ3) is 6.28. The van der Waals surface area contributed by atoms with E-state index in [0.717, 1.165) is 18.4 Å². The lowest BCUT2D eigenvalue weighted by molar-refractivity contribution is -0.117. The SMILES string of the molecule is CC(NS(=O)(=O)c1c(Cl)cccc1Cl)C(=O)Nc1ccc(F)c(NS(C)(=O)=O)c1. The summed E-state index contributed by atoms with van der Waals surface area (Å²) in [5, 5.41) is 2.13. The maximum Gasteiger partial charge on any atom is 0.244 e. The summed E-state index contributed by atoms with van der Waals surface area (Å²) in [6.07, 6.45) is 0.842. The Morgan fingerprint density at radius 2 is 1.66 bits per heavy atom. The molecule has 0 fully saturated rings. The van der Waals surface area contributed by atoms with E-state index in [1.807, 2.05) is 4.72 Å². The lowest BCUT2D eigenvalue weighted by atomic mass is 10.2. The van der Waals surface area contributed by atoms with Gasteiger partial charge in [0.2, 0.25) is 26.0 Å². The average molecular weight is 484 g/mol. The number of sulfonamides is 2. The molecule has 8 nitrogen and oxygen atoms in total. The summed E-state index contributed by atoms with van der Waals surface area (Å²) in [5.41, 5.74) is -0.328. The van der Waals surface area contributed by atoms with Crippen LogP contribution in [0, 0.1) is 5.82 Å². The second-order valence-corrected chi connectivity index (χ2v) is 10.2. The van der Waals surface area contributed by atoms with Gasteiger partial charge in [0, 0.05) is 5.69 Å². The molecule has 158 valence electrons. The van der Waals surface area contributed by atoms with Gasteiger partial charge in [0.15, 0.2) is 0 Å². The van der Waals surface area contributed by atoms with Gasteiger partial charge in [0.25, 0.3) is 0 Å². The number of carbonyl (C=O) groups is 1. The van der Waals surface area contributed by atoms with E-state index in [2.05, 4.69) is 10.0 Å². The van der Waals surface area contributed by atoms with E-state index in [4.69, 9.17) is 23.2 Å². The Morgan fingerprint density at radius 3 is 2.21 bits per heavy atom. The van der Waals surface area contributed by atoms with Crippen molar-refractivity contribution < 1.29 is 26.0 Å². The lowest BCUT2D eigenvalue weighted by Gasteiger charge is -2.16. The minimum atomic E-state index is -4.22. The van der Waals surface area contributed by atoms with Crippen LogP contribution in [-0.4, -0.2) is 35.0 Å². The summed E-state index contributed by atoms with van der Waals surface area (Å²) < 4.78 is 65.4. The second-order valence-electron chi connectivity index (χ2n) is 5.95. The first-order valence-electron chi connectivity index (χ1n) is 7.85. The highest BCUT2D eigenvalue weighted by Crippen LogP contribution is 2.29. The van der Waals surface area contributed by atoms with Crippen LogP contribution in [0.1, 0.15) is 6.92 Å². The predicted octanol–water partition coefficient (Wildman–Crippen LogP) is 2.81. The van der Waals surface area contributed by atoms with Crippen molar-refractivity contribution in [3.63, 3.8) is 0 Å². The summed E-state index contributed by atoms with van der Waals surface area (Å²) >= 11 is 11.8. The molecule has 0 heterocycles. The van der Waals surface area contributed by atoms with Crippen LogP contribution >= 0.6 is 23.2 Å². The number of anilines is 2. The summed E-state index contributed by atoms with van der Waals surface area (Å²) in [7, 11) is -7.97. The second kappa shape index (κ2) is 8.84. The van der Waals surface area contributed by atoms with E-state index >= 15 is 0 Å². The van der Waals surface area contributed by atoms with Crippen molar-refractivity contribution in [2.75, 3.05) is 16.3 Å². The maximum atomic E-state index is 13.7. The van der Waals surface area contributed by atoms with Gasteiger partial charge in [-0.05, 0) is 37.3 Å². The first-order chi connectivity index (χ1) is 13.3. The molecule has 0 saturated carbocycles. The zero-order chi connectivity index (χ0) is 22.0. The fourth-order valence-corrected chi connectivity index (χ4v) is 5.12. The first-order valence-corrected chi connectivity index (χ1v) is 12.0. The first kappa shape index (κ1) is 23.4. The number of rotatable bonds is 7. The topological polar surface area (TPSA) is 121 Å². The number of halogens is 3. The van der Waals surface area contributed by atoms with Crippen LogP contribution in [0.4, 0.5) is 15.8 Å². The van der Waals surface area contributed by atoms with Crippen LogP contribution in [0.2, 0.25) is 10.0 Å². The molecule has 0 spiro atoms. The molecule has 0 aliphatic heterocycles. The average Bonchev–Trinajstić information content (AvgIpc) is 2.55. The Hall–Kier alpha value is -1.92. The molecule has 1 unspecified atom stereocenters. The smallest absolute Gasteiger partial charge is 0.244 e. The van der Waals surface area contributed by atoms with Gasteiger partial charge >= 0.3 is 0 Å². The van der Waals surface area contributed by atoms with Crippen LogP contribution < -0.4 is 14.8 Å². The minimum Gasteiger partial charge on any atom is -0.325 e. The van der Waals surface area contributed by atoms with Gasteiger partial charge in [-0.3, -0.25) is 9.52 Å². The number of hydrogen-bond donors (Lipinski definition) is 3. The zero-order valence-electron chi connectivity index (χ0n) is 15.0. The van der Waals surface area contributed by atoms with Crippen molar-refractivity contribution in [2.45, 2.75) is 17.9 Å². The van der Waals surface area contributed by atoms with Crippen LogP contribution in [0.25, 0.3) is 0 Å². The molecular weight excluding hydrogens is 468 g/mol. The Labute approximate surface area is 177 Å². The standard InChI is InChI=1S/C16H16Cl2FN3O5S2/c1-9(21-29(26,27)15-11(17)4-3-5-12(15)18)16(23)20-10-6-7-13(19)14(8-10)22-28(2,24)25/h3-9,21-22H,1-2H3,(H,20,23). The van der Waals surface area contributed by atoms with Gasteiger partial charge < -0.3 is 5.32 Å². The van der Waals surface area contributed by atoms with E-state index < -0.39 is 37.8 Å². The molecule has 3 N–H and O–H groups in total. The molecule has 0 bridgehead atoms. The lowest BCUT2D eigenvalue weighted by Crippen LogP contribution is -2.41. The zero-order valence-corrected chi connectivity index (χ0v) is 18.2. The van der Waals surface area contributed by atoms with Gasteiger partial charge in [-0.25, -0.2) is 21.2 Å². The van der Waals surface area contributed by atoms with Crippen LogP contribution in [0.15, 0.2) is 41.3 Å². The van der Waals surface area contributed by atoms with Crippen molar-refractivity contribution in [3.8, 4) is 0 Å². The summed E-state index contributed by atoms with van der Waals surface area (Å²) in [6, 6.07) is 6.07. The molecule has 2 rings (SSSR count). The van der Waals surface area contributed by atoms with Crippen molar-refractivity contribution >= 4 is 60.5 Å². The maximum absolute atomic E-state index is 13.7. The molecule has 2 aromatic carbocycles. The largest absolute Gasteiger partial charge is 0.325 e. The van der Waals surface area contributed by atoms with E-state index in [1.54, 1.807) is 0 Å². The Balaban J connectivity index is 2.18. The summed E-state index contributed by atoms with van der Waals surface area (Å²) in [6.45, 7) is 1.27. The van der Waals surface area contributed by atoms with Gasteiger partial charge in [0.1, 0.15) is 10.7 Å². The molecule has 1 amide bonds. The number of nitrogens with one attached hydrogen (secondary N) is 3. The molecule has 0 radical (unpaired) electrons. The highest BCUT2D eigenvalue weighted by molar-refractivity contribution is 7.92. The Bertz CT molecular complexity index is 1140. The van der Waals surface area contributed by atoms with Crippen molar-refractivity contribution in [1.82, 2.24) is 4.72 Å². The molecule has 0 aliphatic rings. The molecular formula is C16H16Cl2FN3O5S2. The minimum absolute atomic E-state index is 0.0457. The molecule has 1 atom stereocenters. The van der Waals surface area contributed by atoms with E-state index in [1.165, 1.54) is 31.2 Å².